The molecule has 10 heavy (non-hydrogen) atoms. The molecule has 0 saturated heterocycles. The maximum Gasteiger partial charge on any atom is 0.0734 e. The van der Waals surface area contributed by atoms with Gasteiger partial charge in [-0.3, -0.25) is 0 Å². The summed E-state index contributed by atoms with van der Waals surface area (Å²) in [5.41, 5.74) is 0.911. The average Bonchev–Trinajstić information content (AvgIpc) is 1.88. The van der Waals surface area contributed by atoms with Gasteiger partial charge in [0, 0.05) is 3.57 Å². The molecule has 3 heteroatoms. The van der Waals surface area contributed by atoms with E-state index in [9.17, 15) is 0 Å². The molecule has 0 bridgehead atoms. The average molecular weight is 247 g/mol. The first-order valence-electron chi connectivity index (χ1n) is 2.76. The Hall–Kier alpha value is -0.580. The lowest BCUT2D eigenvalue weighted by Crippen LogP contribution is -1.80. The monoisotopic (exact) mass is 247 g/mol. The first kappa shape index (κ1) is 7.53. The number of rotatable bonds is 1. The third-order valence-electron chi connectivity index (χ3n) is 1.06. The van der Waals surface area contributed by atoms with Crippen LogP contribution in [0.2, 0.25) is 0 Å². The maximum absolute atomic E-state index is 8.18. The summed E-state index contributed by atoms with van der Waals surface area (Å²) in [6.45, 7) is 0. The normalized spacial score (nSPS) is 10.5. The zero-order valence-corrected chi connectivity index (χ0v) is 7.32. The molecular weight excluding hydrogens is 241 g/mol. The lowest BCUT2D eigenvalue weighted by Gasteiger charge is -1.90. The van der Waals surface area contributed by atoms with Crippen molar-refractivity contribution in [3.8, 4) is 0 Å². The quantitative estimate of drug-likeness (QED) is 0.350. The van der Waals surface area contributed by atoms with Crippen LogP contribution in [0.3, 0.4) is 0 Å². The number of hydrogen-bond donors (Lipinski definition) is 1. The van der Waals surface area contributed by atoms with Gasteiger partial charge in [0.25, 0.3) is 0 Å². The van der Waals surface area contributed by atoms with Crippen LogP contribution in [0.15, 0.2) is 29.4 Å². The lowest BCUT2D eigenvalue weighted by atomic mass is 10.2. The molecule has 1 N–H and O–H groups in total. The van der Waals surface area contributed by atoms with Crippen LogP contribution in [0.25, 0.3) is 0 Å². The highest BCUT2D eigenvalue weighted by Crippen LogP contribution is 2.05. The zero-order valence-electron chi connectivity index (χ0n) is 5.16. The second kappa shape index (κ2) is 3.55. The highest BCUT2D eigenvalue weighted by atomic mass is 127. The van der Waals surface area contributed by atoms with E-state index >= 15 is 0 Å². The predicted octanol–water partition coefficient (Wildman–Crippen LogP) is 2.10. The standard InChI is InChI=1S/C7H6INO/c8-7-3-1-2-6(4-7)5-9-10/h1-5,10H. The Morgan fingerprint density at radius 2 is 2.30 bits per heavy atom. The van der Waals surface area contributed by atoms with Crippen molar-refractivity contribution in [3.63, 3.8) is 0 Å². The number of nitrogens with zero attached hydrogens (tertiary/aromatic N) is 1. The highest BCUT2D eigenvalue weighted by Gasteiger charge is 1.87. The number of oxime groups is 1. The Morgan fingerprint density at radius 1 is 1.50 bits per heavy atom. The largest absolute Gasteiger partial charge is 0.411 e. The van der Waals surface area contributed by atoms with Crippen LogP contribution < -0.4 is 0 Å². The van der Waals surface area contributed by atoms with Crippen molar-refractivity contribution >= 4 is 28.8 Å². The van der Waals surface area contributed by atoms with Crippen molar-refractivity contribution in [1.29, 1.82) is 0 Å². The van der Waals surface area contributed by atoms with Gasteiger partial charge in [-0.2, -0.15) is 0 Å². The van der Waals surface area contributed by atoms with Gasteiger partial charge in [-0.1, -0.05) is 17.3 Å². The summed E-state index contributed by atoms with van der Waals surface area (Å²) in [5, 5.41) is 11.1. The molecule has 0 atom stereocenters. The number of hydrogen-bond acceptors (Lipinski definition) is 2. The molecule has 0 radical (unpaired) electrons. The van der Waals surface area contributed by atoms with Crippen molar-refractivity contribution in [2.45, 2.75) is 0 Å². The highest BCUT2D eigenvalue weighted by molar-refractivity contribution is 14.1. The van der Waals surface area contributed by atoms with Gasteiger partial charge in [0.05, 0.1) is 6.21 Å². The van der Waals surface area contributed by atoms with Gasteiger partial charge < -0.3 is 5.21 Å². The maximum atomic E-state index is 8.18. The second-order valence-electron chi connectivity index (χ2n) is 1.80. The minimum absolute atomic E-state index is 0.911. The van der Waals surface area contributed by atoms with Gasteiger partial charge in [0.15, 0.2) is 0 Å². The first-order valence-corrected chi connectivity index (χ1v) is 3.84. The Bertz CT molecular complexity index is 247. The minimum atomic E-state index is 0.911. The molecule has 0 amide bonds. The first-order chi connectivity index (χ1) is 4.83. The Morgan fingerprint density at radius 3 is 2.90 bits per heavy atom. The molecule has 0 aliphatic heterocycles. The minimum Gasteiger partial charge on any atom is -0.411 e. The van der Waals surface area contributed by atoms with Crippen LogP contribution in [-0.4, -0.2) is 11.4 Å². The van der Waals surface area contributed by atoms with Gasteiger partial charge >= 0.3 is 0 Å². The van der Waals surface area contributed by atoms with Crippen LogP contribution in [0.4, 0.5) is 0 Å². The van der Waals surface area contributed by atoms with E-state index in [-0.39, 0.29) is 0 Å². The summed E-state index contributed by atoms with van der Waals surface area (Å²) in [6.07, 6.45) is 1.40. The van der Waals surface area contributed by atoms with Gasteiger partial charge in [-0.25, -0.2) is 0 Å². The number of benzene rings is 1. The molecule has 52 valence electrons. The van der Waals surface area contributed by atoms with E-state index in [1.165, 1.54) is 6.21 Å². The van der Waals surface area contributed by atoms with E-state index in [1.54, 1.807) is 0 Å². The smallest absolute Gasteiger partial charge is 0.0734 e. The van der Waals surface area contributed by atoms with E-state index < -0.39 is 0 Å². The molecule has 1 aromatic carbocycles. The van der Waals surface area contributed by atoms with E-state index in [2.05, 4.69) is 27.7 Å². The molecule has 0 spiro atoms. The van der Waals surface area contributed by atoms with Crippen LogP contribution in [0.5, 0.6) is 0 Å². The van der Waals surface area contributed by atoms with Crippen molar-refractivity contribution in [1.82, 2.24) is 0 Å². The summed E-state index contributed by atoms with van der Waals surface area (Å²) in [5.74, 6) is 0. The topological polar surface area (TPSA) is 32.6 Å². The summed E-state index contributed by atoms with van der Waals surface area (Å²) in [7, 11) is 0. The molecule has 0 saturated carbocycles. The fourth-order valence-electron chi connectivity index (χ4n) is 0.654. The second-order valence-corrected chi connectivity index (χ2v) is 3.05. The van der Waals surface area contributed by atoms with Gasteiger partial charge in [0.1, 0.15) is 0 Å². The van der Waals surface area contributed by atoms with Crippen molar-refractivity contribution in [2.24, 2.45) is 5.16 Å². The molecule has 0 unspecified atom stereocenters. The van der Waals surface area contributed by atoms with E-state index in [1.807, 2.05) is 24.3 Å². The summed E-state index contributed by atoms with van der Waals surface area (Å²) < 4.78 is 1.13. The molecule has 2 nitrogen and oxygen atoms in total. The fourth-order valence-corrected chi connectivity index (χ4v) is 1.22. The molecule has 0 heterocycles. The van der Waals surface area contributed by atoms with Gasteiger partial charge in [0.2, 0.25) is 0 Å². The lowest BCUT2D eigenvalue weighted by molar-refractivity contribution is 0.322. The van der Waals surface area contributed by atoms with Crippen LogP contribution in [-0.2, 0) is 0 Å². The van der Waals surface area contributed by atoms with Crippen LogP contribution in [0.1, 0.15) is 5.56 Å². The zero-order chi connectivity index (χ0) is 7.40. The van der Waals surface area contributed by atoms with Crippen molar-refractivity contribution in [3.05, 3.63) is 33.4 Å². The van der Waals surface area contributed by atoms with Crippen molar-refractivity contribution < 1.29 is 5.21 Å². The van der Waals surface area contributed by atoms with E-state index in [0.717, 1.165) is 9.13 Å². The Balaban J connectivity index is 2.95. The molecule has 1 aromatic rings. The molecule has 0 aliphatic carbocycles. The Kier molecular flexibility index (Phi) is 2.68. The fraction of sp³-hybridized carbons (Fsp3) is 0. The predicted molar refractivity (Wildman–Crippen MR) is 48.5 cm³/mol. The van der Waals surface area contributed by atoms with Gasteiger partial charge in [-0.05, 0) is 40.3 Å². The summed E-state index contributed by atoms with van der Waals surface area (Å²) in [4.78, 5) is 0. The van der Waals surface area contributed by atoms with Crippen LogP contribution >= 0.6 is 22.6 Å². The Labute approximate surface area is 72.7 Å². The molecule has 0 fully saturated rings. The third-order valence-corrected chi connectivity index (χ3v) is 1.73. The van der Waals surface area contributed by atoms with Crippen molar-refractivity contribution in [2.75, 3.05) is 0 Å². The van der Waals surface area contributed by atoms with Crippen LogP contribution in [0, 0.1) is 3.57 Å². The molecule has 0 aromatic heterocycles. The summed E-state index contributed by atoms with van der Waals surface area (Å²) >= 11 is 2.20. The summed E-state index contributed by atoms with van der Waals surface area (Å²) in [6, 6.07) is 7.70. The number of halogens is 1. The molecule has 0 aliphatic rings. The third kappa shape index (κ3) is 1.98. The molecule has 1 rings (SSSR count). The van der Waals surface area contributed by atoms with Gasteiger partial charge in [-0.15, -0.1) is 0 Å². The SMILES string of the molecule is ON=Cc1cccc(I)c1. The van der Waals surface area contributed by atoms with E-state index in [4.69, 9.17) is 5.21 Å². The molecular formula is C7H6INO. The van der Waals surface area contributed by atoms with E-state index in [0.29, 0.717) is 0 Å².